The van der Waals surface area contributed by atoms with Gasteiger partial charge in [-0.1, -0.05) is 32.1 Å². The fourth-order valence-electron chi connectivity index (χ4n) is 4.08. The Kier molecular flexibility index (Phi) is 7.07. The van der Waals surface area contributed by atoms with Crippen molar-refractivity contribution >= 4 is 17.8 Å². The summed E-state index contributed by atoms with van der Waals surface area (Å²) in [5.41, 5.74) is -1.11. The van der Waals surface area contributed by atoms with Crippen molar-refractivity contribution in [1.82, 2.24) is 10.6 Å². The van der Waals surface area contributed by atoms with Crippen molar-refractivity contribution in [1.29, 1.82) is 0 Å². The third-order valence-corrected chi connectivity index (χ3v) is 5.31. The summed E-state index contributed by atoms with van der Waals surface area (Å²) in [7, 11) is 0. The van der Waals surface area contributed by atoms with Gasteiger partial charge in [-0.25, -0.2) is 0 Å². The molecule has 0 bridgehead atoms. The van der Waals surface area contributed by atoms with E-state index in [4.69, 9.17) is 4.74 Å². The summed E-state index contributed by atoms with van der Waals surface area (Å²) in [6.07, 6.45) is 8.73. The average molecular weight is 367 g/mol. The van der Waals surface area contributed by atoms with Crippen LogP contribution in [0.4, 0.5) is 0 Å². The Balaban J connectivity index is 1.85. The quantitative estimate of drug-likeness (QED) is 0.708. The van der Waals surface area contributed by atoms with Gasteiger partial charge in [0.2, 0.25) is 5.91 Å². The standard InChI is InChI=1S/C20H34N2O4/c1-19(2,3)22-16(23)13-20(11-7-8-12-20)18(25)26-14-17(24)21-15-9-5-4-6-10-15/h15H,4-14H2,1-3H3,(H,21,24)(H,22,23). The number of hydrogen-bond donors (Lipinski definition) is 2. The van der Waals surface area contributed by atoms with Crippen LogP contribution in [0.25, 0.3) is 0 Å². The summed E-state index contributed by atoms with van der Waals surface area (Å²) < 4.78 is 5.33. The maximum absolute atomic E-state index is 12.7. The van der Waals surface area contributed by atoms with Gasteiger partial charge in [0.15, 0.2) is 6.61 Å². The lowest BCUT2D eigenvalue weighted by Gasteiger charge is -2.28. The van der Waals surface area contributed by atoms with Gasteiger partial charge in [-0.2, -0.15) is 0 Å². The zero-order valence-corrected chi connectivity index (χ0v) is 16.5. The first-order chi connectivity index (χ1) is 12.2. The summed E-state index contributed by atoms with van der Waals surface area (Å²) in [6, 6.07) is 0.202. The normalized spacial score (nSPS) is 20.4. The van der Waals surface area contributed by atoms with Crippen molar-refractivity contribution in [2.45, 2.75) is 96.6 Å². The predicted octanol–water partition coefficient (Wildman–Crippen LogP) is 2.84. The molecule has 2 fully saturated rings. The van der Waals surface area contributed by atoms with E-state index in [0.717, 1.165) is 38.5 Å². The predicted molar refractivity (Wildman–Crippen MR) is 99.4 cm³/mol. The largest absolute Gasteiger partial charge is 0.455 e. The number of carbonyl (C=O) groups is 3. The second-order valence-corrected chi connectivity index (χ2v) is 8.94. The first-order valence-electron chi connectivity index (χ1n) is 9.98. The molecule has 6 nitrogen and oxygen atoms in total. The van der Waals surface area contributed by atoms with Gasteiger partial charge in [0, 0.05) is 18.0 Å². The fraction of sp³-hybridized carbons (Fsp3) is 0.850. The van der Waals surface area contributed by atoms with Gasteiger partial charge >= 0.3 is 5.97 Å². The summed E-state index contributed by atoms with van der Waals surface area (Å²) >= 11 is 0. The Morgan fingerprint density at radius 2 is 1.58 bits per heavy atom. The van der Waals surface area contributed by atoms with E-state index in [9.17, 15) is 14.4 Å². The molecule has 6 heteroatoms. The molecule has 0 spiro atoms. The minimum atomic E-state index is -0.777. The molecule has 2 rings (SSSR count). The van der Waals surface area contributed by atoms with E-state index in [1.807, 2.05) is 20.8 Å². The Morgan fingerprint density at radius 1 is 0.962 bits per heavy atom. The molecule has 2 N–H and O–H groups in total. The zero-order valence-electron chi connectivity index (χ0n) is 16.5. The summed E-state index contributed by atoms with van der Waals surface area (Å²) in [5, 5.41) is 5.87. The van der Waals surface area contributed by atoms with E-state index in [1.54, 1.807) is 0 Å². The molecule has 2 aliphatic carbocycles. The van der Waals surface area contributed by atoms with E-state index >= 15 is 0 Å². The molecule has 0 atom stereocenters. The Bertz CT molecular complexity index is 512. The molecular formula is C20H34N2O4. The molecule has 0 aromatic rings. The first kappa shape index (κ1) is 20.7. The summed E-state index contributed by atoms with van der Waals surface area (Å²) in [5.74, 6) is -0.779. The SMILES string of the molecule is CC(C)(C)NC(=O)CC1(C(=O)OCC(=O)NC2CCCCC2)CCCC1. The number of amides is 2. The molecule has 2 aliphatic rings. The van der Waals surface area contributed by atoms with Crippen LogP contribution in [0.2, 0.25) is 0 Å². The summed E-state index contributed by atoms with van der Waals surface area (Å²) in [4.78, 5) is 37.1. The van der Waals surface area contributed by atoms with Gasteiger partial charge in [0.05, 0.1) is 5.41 Å². The molecule has 0 radical (unpaired) electrons. The van der Waals surface area contributed by atoms with Crippen LogP contribution in [0.1, 0.15) is 85.0 Å². The Hall–Kier alpha value is -1.59. The number of rotatable bonds is 6. The maximum atomic E-state index is 12.7. The van der Waals surface area contributed by atoms with Crippen molar-refractivity contribution in [2.24, 2.45) is 5.41 Å². The second-order valence-electron chi connectivity index (χ2n) is 8.94. The van der Waals surface area contributed by atoms with Crippen LogP contribution < -0.4 is 10.6 Å². The van der Waals surface area contributed by atoms with Crippen LogP contribution in [-0.2, 0) is 19.1 Å². The molecule has 0 unspecified atom stereocenters. The van der Waals surface area contributed by atoms with Crippen molar-refractivity contribution in [3.63, 3.8) is 0 Å². The molecule has 0 aromatic heterocycles. The van der Waals surface area contributed by atoms with Gasteiger partial charge in [-0.15, -0.1) is 0 Å². The van der Waals surface area contributed by atoms with Gasteiger partial charge in [-0.3, -0.25) is 14.4 Å². The monoisotopic (exact) mass is 366 g/mol. The van der Waals surface area contributed by atoms with E-state index < -0.39 is 11.4 Å². The van der Waals surface area contributed by atoms with Crippen molar-refractivity contribution in [3.05, 3.63) is 0 Å². The van der Waals surface area contributed by atoms with Crippen molar-refractivity contribution < 1.29 is 19.1 Å². The smallest absolute Gasteiger partial charge is 0.313 e. The number of nitrogens with one attached hydrogen (secondary N) is 2. The lowest BCUT2D eigenvalue weighted by molar-refractivity contribution is -0.161. The molecule has 148 valence electrons. The van der Waals surface area contributed by atoms with Gasteiger partial charge in [-0.05, 0) is 46.5 Å². The lowest BCUT2D eigenvalue weighted by Crippen LogP contribution is -2.45. The maximum Gasteiger partial charge on any atom is 0.313 e. The number of ether oxygens (including phenoxy) is 1. The molecular weight excluding hydrogens is 332 g/mol. The zero-order chi connectivity index (χ0) is 19.2. The van der Waals surface area contributed by atoms with Crippen LogP contribution in [0, 0.1) is 5.41 Å². The van der Waals surface area contributed by atoms with E-state index in [1.165, 1.54) is 6.42 Å². The highest BCUT2D eigenvalue weighted by atomic mass is 16.5. The second kappa shape index (κ2) is 8.87. The number of esters is 1. The molecule has 26 heavy (non-hydrogen) atoms. The molecule has 0 aliphatic heterocycles. The molecule has 2 saturated carbocycles. The Labute approximate surface area is 156 Å². The minimum Gasteiger partial charge on any atom is -0.455 e. The highest BCUT2D eigenvalue weighted by Crippen LogP contribution is 2.42. The minimum absolute atomic E-state index is 0.132. The molecule has 2 amide bonds. The first-order valence-corrected chi connectivity index (χ1v) is 9.98. The average Bonchev–Trinajstić information content (AvgIpc) is 3.01. The lowest BCUT2D eigenvalue weighted by atomic mass is 9.82. The summed E-state index contributed by atoms with van der Waals surface area (Å²) in [6.45, 7) is 5.50. The van der Waals surface area contributed by atoms with E-state index in [0.29, 0.717) is 12.8 Å². The number of carbonyl (C=O) groups excluding carboxylic acids is 3. The third kappa shape index (κ3) is 6.29. The van der Waals surface area contributed by atoms with Gasteiger partial charge in [0.1, 0.15) is 0 Å². The van der Waals surface area contributed by atoms with Crippen LogP contribution >= 0.6 is 0 Å². The van der Waals surface area contributed by atoms with E-state index in [2.05, 4.69) is 10.6 Å². The number of hydrogen-bond acceptors (Lipinski definition) is 4. The van der Waals surface area contributed by atoms with Crippen LogP contribution in [-0.4, -0.2) is 36.0 Å². The van der Waals surface area contributed by atoms with Gasteiger partial charge in [0.25, 0.3) is 5.91 Å². The topological polar surface area (TPSA) is 84.5 Å². The molecule has 0 saturated heterocycles. The highest BCUT2D eigenvalue weighted by Gasteiger charge is 2.44. The van der Waals surface area contributed by atoms with Crippen LogP contribution in [0.3, 0.4) is 0 Å². The van der Waals surface area contributed by atoms with Gasteiger partial charge < -0.3 is 15.4 Å². The third-order valence-electron chi connectivity index (χ3n) is 5.31. The Morgan fingerprint density at radius 3 is 2.15 bits per heavy atom. The fourth-order valence-corrected chi connectivity index (χ4v) is 4.08. The van der Waals surface area contributed by atoms with Crippen LogP contribution in [0.5, 0.6) is 0 Å². The van der Waals surface area contributed by atoms with Crippen molar-refractivity contribution in [3.8, 4) is 0 Å². The highest BCUT2D eigenvalue weighted by molar-refractivity contribution is 5.88. The molecule has 0 heterocycles. The molecule has 0 aromatic carbocycles. The van der Waals surface area contributed by atoms with Crippen LogP contribution in [0.15, 0.2) is 0 Å². The van der Waals surface area contributed by atoms with Crippen molar-refractivity contribution in [2.75, 3.05) is 6.61 Å². The van der Waals surface area contributed by atoms with E-state index in [-0.39, 0.29) is 36.4 Å².